The first-order valence-corrected chi connectivity index (χ1v) is 8.72. The number of allylic oxidation sites excluding steroid dienone is 8. The van der Waals surface area contributed by atoms with Crippen molar-refractivity contribution < 1.29 is 0 Å². The Balaban J connectivity index is 2.14. The number of aryl methyl sites for hydroxylation is 1. The first-order valence-electron chi connectivity index (χ1n) is 8.72. The van der Waals surface area contributed by atoms with Gasteiger partial charge in [-0.15, -0.1) is 6.42 Å². The van der Waals surface area contributed by atoms with Crippen LogP contribution in [0.25, 0.3) is 0 Å². The molecule has 0 spiro atoms. The molecule has 128 valence electrons. The molecule has 1 aromatic rings. The fourth-order valence-electron chi connectivity index (χ4n) is 3.10. The Morgan fingerprint density at radius 2 is 2.04 bits per heavy atom. The lowest BCUT2D eigenvalue weighted by Gasteiger charge is -2.19. The van der Waals surface area contributed by atoms with Crippen LogP contribution in [0.2, 0.25) is 0 Å². The second-order valence-electron chi connectivity index (χ2n) is 6.27. The van der Waals surface area contributed by atoms with Gasteiger partial charge in [0.25, 0.3) is 0 Å². The molecule has 1 aliphatic heterocycles. The molecule has 2 rings (SSSR count). The Bertz CT molecular complexity index is 781. The van der Waals surface area contributed by atoms with Crippen LogP contribution in [-0.2, 0) is 19.5 Å². The molecule has 0 atom stereocenters. The van der Waals surface area contributed by atoms with Crippen molar-refractivity contribution in [2.24, 2.45) is 0 Å². The molecular weight excluding hydrogens is 302 g/mol. The molecule has 0 bridgehead atoms. The van der Waals surface area contributed by atoms with E-state index in [1.807, 2.05) is 18.2 Å². The van der Waals surface area contributed by atoms with E-state index in [1.165, 1.54) is 22.3 Å². The van der Waals surface area contributed by atoms with E-state index in [4.69, 9.17) is 6.42 Å². The molecule has 25 heavy (non-hydrogen) atoms. The van der Waals surface area contributed by atoms with Crippen LogP contribution in [0.15, 0.2) is 78.6 Å². The van der Waals surface area contributed by atoms with E-state index in [9.17, 15) is 0 Å². The molecule has 0 N–H and O–H groups in total. The van der Waals surface area contributed by atoms with E-state index in [-0.39, 0.29) is 0 Å². The second kappa shape index (κ2) is 8.94. The summed E-state index contributed by atoms with van der Waals surface area (Å²) in [5, 5.41) is 0. The molecular formula is C24H27N. The van der Waals surface area contributed by atoms with Crippen molar-refractivity contribution in [1.82, 2.24) is 4.90 Å². The van der Waals surface area contributed by atoms with Gasteiger partial charge in [-0.1, -0.05) is 67.2 Å². The predicted octanol–water partition coefficient (Wildman–Crippen LogP) is 5.72. The largest absolute Gasteiger partial charge is 0.365 e. The van der Waals surface area contributed by atoms with Crippen LogP contribution in [0.3, 0.4) is 0 Å². The fourth-order valence-corrected chi connectivity index (χ4v) is 3.10. The van der Waals surface area contributed by atoms with Crippen molar-refractivity contribution in [2.75, 3.05) is 0 Å². The lowest BCUT2D eigenvalue weighted by molar-refractivity contribution is 0.362. The van der Waals surface area contributed by atoms with Gasteiger partial charge in [-0.3, -0.25) is 0 Å². The summed E-state index contributed by atoms with van der Waals surface area (Å²) in [6.07, 6.45) is 17.4. The molecule has 0 saturated heterocycles. The lowest BCUT2D eigenvalue weighted by Crippen LogP contribution is -2.15. The van der Waals surface area contributed by atoms with E-state index in [0.717, 1.165) is 37.2 Å². The highest BCUT2D eigenvalue weighted by Gasteiger charge is 2.20. The summed E-state index contributed by atoms with van der Waals surface area (Å²) in [6.45, 7) is 13.6. The van der Waals surface area contributed by atoms with Crippen LogP contribution in [0, 0.1) is 12.3 Å². The molecule has 0 saturated carbocycles. The van der Waals surface area contributed by atoms with Gasteiger partial charge in [0.15, 0.2) is 0 Å². The maximum absolute atomic E-state index is 5.67. The molecule has 0 fully saturated rings. The lowest BCUT2D eigenvalue weighted by atomic mass is 10.0. The zero-order valence-corrected chi connectivity index (χ0v) is 15.4. The Kier molecular flexibility index (Phi) is 6.66. The Morgan fingerprint density at radius 1 is 1.28 bits per heavy atom. The summed E-state index contributed by atoms with van der Waals surface area (Å²) >= 11 is 0. The van der Waals surface area contributed by atoms with Gasteiger partial charge >= 0.3 is 0 Å². The van der Waals surface area contributed by atoms with Gasteiger partial charge in [0.2, 0.25) is 0 Å². The maximum atomic E-state index is 5.67. The number of hydrogen-bond donors (Lipinski definition) is 0. The first-order chi connectivity index (χ1) is 12.1. The quantitative estimate of drug-likeness (QED) is 0.457. The Labute approximate surface area is 152 Å². The minimum Gasteiger partial charge on any atom is -0.365 e. The van der Waals surface area contributed by atoms with Crippen LogP contribution in [0.1, 0.15) is 37.0 Å². The van der Waals surface area contributed by atoms with Crippen LogP contribution >= 0.6 is 0 Å². The van der Waals surface area contributed by atoms with Crippen molar-refractivity contribution in [2.45, 2.75) is 39.8 Å². The van der Waals surface area contributed by atoms with Gasteiger partial charge in [-0.05, 0) is 49.5 Å². The summed E-state index contributed by atoms with van der Waals surface area (Å²) in [4.78, 5) is 2.35. The van der Waals surface area contributed by atoms with Crippen molar-refractivity contribution in [1.29, 1.82) is 0 Å². The molecule has 1 aliphatic rings. The standard InChI is InChI=1S/C24H27N/c1-6-10-11-22(9-4)19(5)25-17-23-15-14-21(16-24(23)18-25)13-12-20(7-2)8-3/h4,6-8,10-11,14-16H,1-2,12-13,17-18H2,3,5H3/b11-10-,20-8+,22-19+. The third kappa shape index (κ3) is 4.64. The van der Waals surface area contributed by atoms with Gasteiger partial charge in [0.1, 0.15) is 0 Å². The number of rotatable bonds is 7. The molecule has 1 nitrogen and oxygen atoms in total. The molecule has 0 radical (unpaired) electrons. The predicted molar refractivity (Wildman–Crippen MR) is 109 cm³/mol. The van der Waals surface area contributed by atoms with E-state index >= 15 is 0 Å². The smallest absolute Gasteiger partial charge is 0.0434 e. The zero-order valence-electron chi connectivity index (χ0n) is 15.4. The summed E-state index contributed by atoms with van der Waals surface area (Å²) in [7, 11) is 0. The van der Waals surface area contributed by atoms with Crippen molar-refractivity contribution in [3.63, 3.8) is 0 Å². The number of hydrogen-bond acceptors (Lipinski definition) is 1. The van der Waals surface area contributed by atoms with Crippen LogP contribution in [0.4, 0.5) is 0 Å². The van der Waals surface area contributed by atoms with Crippen molar-refractivity contribution in [3.8, 4) is 12.3 Å². The van der Waals surface area contributed by atoms with Crippen LogP contribution < -0.4 is 0 Å². The number of nitrogens with zero attached hydrogens (tertiary/aromatic N) is 1. The Hall–Kier alpha value is -2.72. The van der Waals surface area contributed by atoms with Crippen LogP contribution in [0.5, 0.6) is 0 Å². The van der Waals surface area contributed by atoms with E-state index in [2.05, 4.69) is 62.1 Å². The minimum absolute atomic E-state index is 0.914. The van der Waals surface area contributed by atoms with E-state index in [0.29, 0.717) is 0 Å². The maximum Gasteiger partial charge on any atom is 0.0434 e. The second-order valence-corrected chi connectivity index (χ2v) is 6.27. The van der Waals surface area contributed by atoms with E-state index in [1.54, 1.807) is 6.08 Å². The third-order valence-corrected chi connectivity index (χ3v) is 4.75. The van der Waals surface area contributed by atoms with Crippen LogP contribution in [-0.4, -0.2) is 4.90 Å². The summed E-state index contributed by atoms with van der Waals surface area (Å²) in [5.41, 5.74) is 7.53. The highest BCUT2D eigenvalue weighted by molar-refractivity contribution is 5.43. The minimum atomic E-state index is 0.914. The van der Waals surface area contributed by atoms with Gasteiger partial charge in [-0.25, -0.2) is 0 Å². The SMILES string of the molecule is C#CC(/C=C\C=C)=C(/C)N1Cc2ccc(CC/C(C=C)=C/C)cc2C1. The zero-order chi connectivity index (χ0) is 18.2. The Morgan fingerprint density at radius 3 is 2.68 bits per heavy atom. The van der Waals surface area contributed by atoms with Gasteiger partial charge in [-0.2, -0.15) is 0 Å². The molecule has 0 unspecified atom stereocenters. The number of fused-ring (bicyclic) bond motifs is 1. The fraction of sp³-hybridized carbons (Fsp3) is 0.250. The van der Waals surface area contributed by atoms with Gasteiger partial charge in [0, 0.05) is 24.4 Å². The molecule has 1 heterocycles. The molecule has 1 heteroatoms. The topological polar surface area (TPSA) is 3.24 Å². The first kappa shape index (κ1) is 18.6. The highest BCUT2D eigenvalue weighted by Crippen LogP contribution is 2.28. The normalized spacial score (nSPS) is 14.9. The third-order valence-electron chi connectivity index (χ3n) is 4.75. The van der Waals surface area contributed by atoms with Crippen molar-refractivity contribution in [3.05, 3.63) is 95.3 Å². The summed E-state index contributed by atoms with van der Waals surface area (Å²) < 4.78 is 0. The summed E-state index contributed by atoms with van der Waals surface area (Å²) in [6, 6.07) is 6.85. The average Bonchev–Trinajstić information content (AvgIpc) is 3.06. The monoisotopic (exact) mass is 329 g/mol. The molecule has 0 amide bonds. The van der Waals surface area contributed by atoms with Gasteiger partial charge < -0.3 is 4.90 Å². The van der Waals surface area contributed by atoms with Crippen molar-refractivity contribution >= 4 is 0 Å². The van der Waals surface area contributed by atoms with Gasteiger partial charge in [0.05, 0.1) is 0 Å². The highest BCUT2D eigenvalue weighted by atomic mass is 15.1. The molecule has 0 aliphatic carbocycles. The number of benzene rings is 1. The molecule has 1 aromatic carbocycles. The average molecular weight is 329 g/mol. The molecule has 0 aromatic heterocycles. The summed E-state index contributed by atoms with van der Waals surface area (Å²) in [5.74, 6) is 2.79. The number of terminal acetylenes is 1. The van der Waals surface area contributed by atoms with E-state index < -0.39 is 0 Å².